The van der Waals surface area contributed by atoms with Gasteiger partial charge in [0.15, 0.2) is 5.12 Å². The molecule has 0 amide bonds. The molecule has 0 aliphatic carbocycles. The molecule has 0 radical (unpaired) electrons. The van der Waals surface area contributed by atoms with Crippen molar-refractivity contribution in [3.8, 4) is 0 Å². The molecule has 1 aliphatic rings. The third-order valence-electron chi connectivity index (χ3n) is 1.26. The Morgan fingerprint density at radius 1 is 2.00 bits per heavy atom. The predicted molar refractivity (Wildman–Crippen MR) is 36.3 cm³/mol. The van der Waals surface area contributed by atoms with E-state index >= 15 is 0 Å². The molecule has 2 unspecified atom stereocenters. The van der Waals surface area contributed by atoms with Gasteiger partial charge in [-0.1, -0.05) is 11.8 Å². The van der Waals surface area contributed by atoms with Crippen LogP contribution in [0, 0.1) is 5.92 Å². The van der Waals surface area contributed by atoms with Crippen molar-refractivity contribution in [2.45, 2.75) is 12.3 Å². The summed E-state index contributed by atoms with van der Waals surface area (Å²) in [5.74, 6) is 1.06. The van der Waals surface area contributed by atoms with Gasteiger partial charge in [-0.15, -0.1) is 11.6 Å². The first kappa shape index (κ1) is 6.43. The van der Waals surface area contributed by atoms with Crippen molar-refractivity contribution in [3.05, 3.63) is 0 Å². The average Bonchev–Trinajstić information content (AvgIpc) is 1.61. The Labute approximate surface area is 57.8 Å². The molecule has 1 aliphatic heterocycles. The number of halogens is 1. The largest absolute Gasteiger partial charge is 0.287 e. The summed E-state index contributed by atoms with van der Waals surface area (Å²) in [5.41, 5.74) is 0. The van der Waals surface area contributed by atoms with Gasteiger partial charge in [-0.05, 0) is 6.92 Å². The molecule has 46 valence electrons. The molecule has 0 saturated carbocycles. The summed E-state index contributed by atoms with van der Waals surface area (Å²) < 4.78 is 0. The second kappa shape index (κ2) is 2.28. The zero-order chi connectivity index (χ0) is 6.15. The Kier molecular flexibility index (Phi) is 1.83. The van der Waals surface area contributed by atoms with E-state index in [9.17, 15) is 4.79 Å². The number of carbonyl (C=O) groups excluding carboxylic acids is 1. The van der Waals surface area contributed by atoms with Crippen molar-refractivity contribution in [1.82, 2.24) is 0 Å². The Bertz CT molecular complexity index is 113. The lowest BCUT2D eigenvalue weighted by Crippen LogP contribution is -2.31. The van der Waals surface area contributed by atoms with Crippen molar-refractivity contribution < 1.29 is 4.79 Å². The molecule has 0 spiro atoms. The van der Waals surface area contributed by atoms with Crippen molar-refractivity contribution in [2.75, 3.05) is 5.75 Å². The van der Waals surface area contributed by atoms with Crippen LogP contribution in [0.1, 0.15) is 6.92 Å². The lowest BCUT2D eigenvalue weighted by molar-refractivity contribution is -0.115. The maximum absolute atomic E-state index is 10.6. The quantitative estimate of drug-likeness (QED) is 0.527. The highest BCUT2D eigenvalue weighted by Gasteiger charge is 2.32. The number of thioether (sulfide) groups is 1. The number of rotatable bonds is 1. The first-order valence-electron chi connectivity index (χ1n) is 2.52. The van der Waals surface area contributed by atoms with Gasteiger partial charge in [0.1, 0.15) is 0 Å². The fourth-order valence-corrected chi connectivity index (χ4v) is 1.94. The van der Waals surface area contributed by atoms with E-state index in [4.69, 9.17) is 11.6 Å². The van der Waals surface area contributed by atoms with Gasteiger partial charge in [0.2, 0.25) is 0 Å². The van der Waals surface area contributed by atoms with Gasteiger partial charge >= 0.3 is 0 Å². The van der Waals surface area contributed by atoms with Crippen LogP contribution in [-0.2, 0) is 4.79 Å². The second-order valence-electron chi connectivity index (χ2n) is 1.91. The minimum atomic E-state index is 0.0312. The zero-order valence-electron chi connectivity index (χ0n) is 4.56. The highest BCUT2D eigenvalue weighted by molar-refractivity contribution is 8.15. The lowest BCUT2D eigenvalue weighted by Gasteiger charge is -2.24. The Morgan fingerprint density at radius 2 is 2.62 bits per heavy atom. The van der Waals surface area contributed by atoms with Gasteiger partial charge < -0.3 is 0 Å². The standard InChI is InChI=1S/C5H7ClOS/c1-3(6)4-2-8-5(4)7/h3-4H,2H2,1H3. The van der Waals surface area contributed by atoms with Crippen LogP contribution in [0.2, 0.25) is 0 Å². The molecule has 0 N–H and O–H groups in total. The molecular weight excluding hydrogens is 144 g/mol. The first-order valence-corrected chi connectivity index (χ1v) is 3.94. The van der Waals surface area contributed by atoms with Crippen LogP contribution in [0.15, 0.2) is 0 Å². The molecule has 1 saturated heterocycles. The molecule has 1 fully saturated rings. The smallest absolute Gasteiger partial charge is 0.194 e. The van der Waals surface area contributed by atoms with Crippen LogP contribution < -0.4 is 0 Å². The zero-order valence-corrected chi connectivity index (χ0v) is 6.13. The molecular formula is C5H7ClOS. The Hall–Kier alpha value is 0.310. The SMILES string of the molecule is CC(Cl)C1CSC1=O. The Balaban J connectivity index is 2.37. The molecule has 1 rings (SSSR count). The maximum atomic E-state index is 10.6. The minimum absolute atomic E-state index is 0.0312. The lowest BCUT2D eigenvalue weighted by atomic mass is 10.1. The molecule has 3 heteroatoms. The molecule has 8 heavy (non-hydrogen) atoms. The summed E-state index contributed by atoms with van der Waals surface area (Å²) >= 11 is 7.01. The van der Waals surface area contributed by atoms with E-state index in [-0.39, 0.29) is 16.4 Å². The van der Waals surface area contributed by atoms with Crippen LogP contribution in [0.3, 0.4) is 0 Å². The van der Waals surface area contributed by atoms with Gasteiger partial charge in [0.05, 0.1) is 5.92 Å². The van der Waals surface area contributed by atoms with Gasteiger partial charge in [-0.3, -0.25) is 4.79 Å². The fourth-order valence-electron chi connectivity index (χ4n) is 0.568. The van der Waals surface area contributed by atoms with Crippen molar-refractivity contribution in [2.24, 2.45) is 5.92 Å². The first-order chi connectivity index (χ1) is 3.72. The van der Waals surface area contributed by atoms with E-state index in [1.165, 1.54) is 11.8 Å². The van der Waals surface area contributed by atoms with E-state index < -0.39 is 0 Å². The Morgan fingerprint density at radius 3 is 2.62 bits per heavy atom. The predicted octanol–water partition coefficient (Wildman–Crippen LogP) is 1.50. The fraction of sp³-hybridized carbons (Fsp3) is 0.800. The molecule has 2 atom stereocenters. The highest BCUT2D eigenvalue weighted by Crippen LogP contribution is 2.31. The summed E-state index contributed by atoms with van der Waals surface area (Å²) in [6, 6.07) is 0. The maximum Gasteiger partial charge on any atom is 0.194 e. The van der Waals surface area contributed by atoms with Crippen LogP contribution >= 0.6 is 23.4 Å². The molecule has 0 bridgehead atoms. The highest BCUT2D eigenvalue weighted by atomic mass is 35.5. The van der Waals surface area contributed by atoms with E-state index in [0.29, 0.717) is 0 Å². The monoisotopic (exact) mass is 150 g/mol. The van der Waals surface area contributed by atoms with E-state index in [1.807, 2.05) is 6.92 Å². The summed E-state index contributed by atoms with van der Waals surface area (Å²) in [5, 5.41) is 0.288. The van der Waals surface area contributed by atoms with E-state index in [0.717, 1.165) is 5.75 Å². The number of hydrogen-bond acceptors (Lipinski definition) is 2. The van der Waals surface area contributed by atoms with Crippen LogP contribution in [0.25, 0.3) is 0 Å². The number of carbonyl (C=O) groups is 1. The number of hydrogen-bond donors (Lipinski definition) is 0. The summed E-state index contributed by atoms with van der Waals surface area (Å²) in [7, 11) is 0. The van der Waals surface area contributed by atoms with Crippen LogP contribution in [0.5, 0.6) is 0 Å². The van der Waals surface area contributed by atoms with Crippen LogP contribution in [-0.4, -0.2) is 16.2 Å². The average molecular weight is 151 g/mol. The van der Waals surface area contributed by atoms with E-state index in [1.54, 1.807) is 0 Å². The molecule has 0 aromatic rings. The van der Waals surface area contributed by atoms with Crippen LogP contribution in [0.4, 0.5) is 0 Å². The summed E-state index contributed by atoms with van der Waals surface area (Å²) in [6.45, 7) is 1.86. The van der Waals surface area contributed by atoms with E-state index in [2.05, 4.69) is 0 Å². The van der Waals surface area contributed by atoms with Gasteiger partial charge in [-0.2, -0.15) is 0 Å². The van der Waals surface area contributed by atoms with Crippen molar-refractivity contribution in [3.63, 3.8) is 0 Å². The van der Waals surface area contributed by atoms with Crippen molar-refractivity contribution in [1.29, 1.82) is 0 Å². The number of alkyl halides is 1. The van der Waals surface area contributed by atoms with Crippen molar-refractivity contribution >= 4 is 28.5 Å². The summed E-state index contributed by atoms with van der Waals surface area (Å²) in [4.78, 5) is 10.6. The molecule has 1 nitrogen and oxygen atoms in total. The molecule has 0 aromatic heterocycles. The van der Waals surface area contributed by atoms with Gasteiger partial charge in [0.25, 0.3) is 0 Å². The molecule has 0 aromatic carbocycles. The van der Waals surface area contributed by atoms with Gasteiger partial charge in [0, 0.05) is 11.1 Å². The summed E-state index contributed by atoms with van der Waals surface area (Å²) in [6.07, 6.45) is 0. The molecule has 1 heterocycles. The third kappa shape index (κ3) is 1.00. The second-order valence-corrected chi connectivity index (χ2v) is 3.63. The van der Waals surface area contributed by atoms with Gasteiger partial charge in [-0.25, -0.2) is 0 Å². The third-order valence-corrected chi connectivity index (χ3v) is 2.68. The minimum Gasteiger partial charge on any atom is -0.287 e. The topological polar surface area (TPSA) is 17.1 Å². The normalized spacial score (nSPS) is 31.8.